The molecule has 0 aliphatic heterocycles. The van der Waals surface area contributed by atoms with E-state index in [4.69, 9.17) is 0 Å². The summed E-state index contributed by atoms with van der Waals surface area (Å²) in [5.74, 6) is -0.0820. The lowest BCUT2D eigenvalue weighted by molar-refractivity contribution is -0.117. The van der Waals surface area contributed by atoms with Gasteiger partial charge in [-0.2, -0.15) is 5.10 Å². The van der Waals surface area contributed by atoms with Crippen molar-refractivity contribution in [2.24, 2.45) is 0 Å². The number of benzene rings is 1. The van der Waals surface area contributed by atoms with Gasteiger partial charge in [-0.15, -0.1) is 0 Å². The van der Waals surface area contributed by atoms with Crippen LogP contribution in [0, 0.1) is 20.8 Å². The number of aliphatic hydroxyl groups excluding tert-OH is 1. The predicted octanol–water partition coefficient (Wildman–Crippen LogP) is 3.29. The maximum Gasteiger partial charge on any atom is 0.244 e. The van der Waals surface area contributed by atoms with Crippen LogP contribution in [0.25, 0.3) is 6.08 Å². The van der Waals surface area contributed by atoms with E-state index in [1.165, 1.54) is 11.1 Å². The highest BCUT2D eigenvalue weighted by Crippen LogP contribution is 2.19. The number of rotatable bonds is 5. The fourth-order valence-corrected chi connectivity index (χ4v) is 3.60. The summed E-state index contributed by atoms with van der Waals surface area (Å²) in [5.41, 5.74) is 5.42. The van der Waals surface area contributed by atoms with Crippen LogP contribution in [0.4, 0.5) is 0 Å². The average molecular weight is 367 g/mol. The van der Waals surface area contributed by atoms with Crippen LogP contribution >= 0.6 is 0 Å². The maximum atomic E-state index is 12.2. The Labute approximate surface area is 161 Å². The third-order valence-corrected chi connectivity index (χ3v) is 5.33. The highest BCUT2D eigenvalue weighted by Gasteiger charge is 2.20. The molecule has 0 unspecified atom stereocenters. The zero-order valence-electron chi connectivity index (χ0n) is 16.4. The molecular weight excluding hydrogens is 338 g/mol. The van der Waals surface area contributed by atoms with Gasteiger partial charge in [0.15, 0.2) is 0 Å². The molecule has 0 spiro atoms. The topological polar surface area (TPSA) is 67.2 Å². The van der Waals surface area contributed by atoms with Gasteiger partial charge in [-0.25, -0.2) is 0 Å². The van der Waals surface area contributed by atoms with Crippen molar-refractivity contribution in [1.82, 2.24) is 15.1 Å². The summed E-state index contributed by atoms with van der Waals surface area (Å²) >= 11 is 0. The number of nitrogens with one attached hydrogen (secondary N) is 1. The lowest BCUT2D eigenvalue weighted by Crippen LogP contribution is -2.37. The Morgan fingerprint density at radius 3 is 2.52 bits per heavy atom. The number of aryl methyl sites for hydroxylation is 2. The first-order valence-corrected chi connectivity index (χ1v) is 9.68. The molecule has 1 aromatic heterocycles. The van der Waals surface area contributed by atoms with E-state index in [2.05, 4.69) is 41.6 Å². The van der Waals surface area contributed by atoms with E-state index in [9.17, 15) is 9.90 Å². The second-order valence-corrected chi connectivity index (χ2v) is 7.58. The first-order chi connectivity index (χ1) is 12.9. The number of nitrogens with zero attached hydrogens (tertiary/aromatic N) is 2. The van der Waals surface area contributed by atoms with Gasteiger partial charge in [0, 0.05) is 23.4 Å². The van der Waals surface area contributed by atoms with Crippen LogP contribution in [0.1, 0.15) is 53.8 Å². The average Bonchev–Trinajstić information content (AvgIpc) is 2.90. The Kier molecular flexibility index (Phi) is 6.11. The summed E-state index contributed by atoms with van der Waals surface area (Å²) in [6, 6.07) is 8.62. The molecular formula is C22H29N3O2. The molecule has 0 radical (unpaired) electrons. The largest absolute Gasteiger partial charge is 0.393 e. The molecule has 144 valence electrons. The quantitative estimate of drug-likeness (QED) is 0.797. The minimum absolute atomic E-state index is 0.0820. The number of carbonyl (C=O) groups is 1. The smallest absolute Gasteiger partial charge is 0.244 e. The van der Waals surface area contributed by atoms with Gasteiger partial charge in [0.25, 0.3) is 0 Å². The van der Waals surface area contributed by atoms with Crippen molar-refractivity contribution in [2.75, 3.05) is 0 Å². The number of hydrogen-bond acceptors (Lipinski definition) is 3. The number of carbonyl (C=O) groups excluding carboxylic acids is 1. The van der Waals surface area contributed by atoms with Gasteiger partial charge in [0.2, 0.25) is 5.91 Å². The molecule has 1 aliphatic rings. The van der Waals surface area contributed by atoms with Crippen LogP contribution in [-0.2, 0) is 11.3 Å². The van der Waals surface area contributed by atoms with Gasteiger partial charge >= 0.3 is 0 Å². The van der Waals surface area contributed by atoms with Crippen molar-refractivity contribution >= 4 is 12.0 Å². The van der Waals surface area contributed by atoms with Crippen LogP contribution < -0.4 is 5.32 Å². The lowest BCUT2D eigenvalue weighted by atomic mass is 9.93. The molecule has 2 N–H and O–H groups in total. The Hall–Kier alpha value is -2.40. The van der Waals surface area contributed by atoms with E-state index in [0.29, 0.717) is 0 Å². The van der Waals surface area contributed by atoms with Crippen molar-refractivity contribution in [3.8, 4) is 0 Å². The SMILES string of the molecule is Cc1ccc(Cn2nc(C)c(/C=C/C(=O)NC3CCC(O)CC3)c2C)cc1. The molecule has 1 aromatic carbocycles. The molecule has 2 aromatic rings. The van der Waals surface area contributed by atoms with E-state index >= 15 is 0 Å². The van der Waals surface area contributed by atoms with Crippen molar-refractivity contribution in [1.29, 1.82) is 0 Å². The highest BCUT2D eigenvalue weighted by atomic mass is 16.3. The van der Waals surface area contributed by atoms with E-state index in [1.54, 1.807) is 6.08 Å². The maximum absolute atomic E-state index is 12.2. The van der Waals surface area contributed by atoms with Crippen molar-refractivity contribution < 1.29 is 9.90 Å². The molecule has 0 atom stereocenters. The van der Waals surface area contributed by atoms with E-state index in [-0.39, 0.29) is 18.1 Å². The predicted molar refractivity (Wildman–Crippen MR) is 107 cm³/mol. The monoisotopic (exact) mass is 367 g/mol. The second-order valence-electron chi connectivity index (χ2n) is 7.58. The van der Waals surface area contributed by atoms with Crippen LogP contribution in [0.5, 0.6) is 0 Å². The summed E-state index contributed by atoms with van der Waals surface area (Å²) in [7, 11) is 0. The minimum Gasteiger partial charge on any atom is -0.393 e. The Morgan fingerprint density at radius 1 is 1.19 bits per heavy atom. The van der Waals surface area contributed by atoms with E-state index < -0.39 is 0 Å². The molecule has 1 saturated carbocycles. The first kappa shape index (κ1) is 19.4. The number of aliphatic hydroxyl groups is 1. The minimum atomic E-state index is -0.210. The van der Waals surface area contributed by atoms with Gasteiger partial charge in [0.1, 0.15) is 0 Å². The van der Waals surface area contributed by atoms with Gasteiger partial charge in [-0.05, 0) is 58.1 Å². The summed E-state index contributed by atoms with van der Waals surface area (Å²) < 4.78 is 1.99. The molecule has 27 heavy (non-hydrogen) atoms. The molecule has 1 aliphatic carbocycles. The van der Waals surface area contributed by atoms with Crippen LogP contribution in [-0.4, -0.2) is 32.9 Å². The zero-order valence-corrected chi connectivity index (χ0v) is 16.4. The van der Waals surface area contributed by atoms with Crippen LogP contribution in [0.3, 0.4) is 0 Å². The zero-order chi connectivity index (χ0) is 19.4. The summed E-state index contributed by atoms with van der Waals surface area (Å²) in [6.07, 6.45) is 6.45. The fourth-order valence-electron chi connectivity index (χ4n) is 3.60. The van der Waals surface area contributed by atoms with E-state index in [1.807, 2.05) is 24.6 Å². The summed E-state index contributed by atoms with van der Waals surface area (Å²) in [4.78, 5) is 12.2. The highest BCUT2D eigenvalue weighted by molar-refractivity contribution is 5.92. The molecule has 0 saturated heterocycles. The summed E-state index contributed by atoms with van der Waals surface area (Å²) in [5, 5.41) is 17.2. The van der Waals surface area contributed by atoms with Crippen LogP contribution in [0.2, 0.25) is 0 Å². The first-order valence-electron chi connectivity index (χ1n) is 9.68. The molecule has 1 amide bonds. The van der Waals surface area contributed by atoms with Crippen LogP contribution in [0.15, 0.2) is 30.3 Å². The van der Waals surface area contributed by atoms with Gasteiger partial charge in [-0.3, -0.25) is 9.48 Å². The lowest BCUT2D eigenvalue weighted by Gasteiger charge is -2.25. The Balaban J connectivity index is 1.64. The number of aromatic nitrogens is 2. The normalized spacial score (nSPS) is 20.1. The molecule has 1 fully saturated rings. The van der Waals surface area contributed by atoms with Gasteiger partial charge in [0.05, 0.1) is 18.3 Å². The van der Waals surface area contributed by atoms with Gasteiger partial charge in [-0.1, -0.05) is 29.8 Å². The van der Waals surface area contributed by atoms with E-state index in [0.717, 1.165) is 49.2 Å². The Bertz CT molecular complexity index is 813. The third-order valence-electron chi connectivity index (χ3n) is 5.33. The van der Waals surface area contributed by atoms with Crippen molar-refractivity contribution in [3.63, 3.8) is 0 Å². The standard InChI is InChI=1S/C22H29N3O2/c1-15-4-6-18(7-5-15)14-25-17(3)21(16(2)24-25)12-13-22(27)23-19-8-10-20(26)11-9-19/h4-7,12-13,19-20,26H,8-11,14H2,1-3H3,(H,23,27)/b13-12+. The molecule has 5 heteroatoms. The molecule has 1 heterocycles. The van der Waals surface area contributed by atoms with Crippen molar-refractivity contribution in [3.05, 3.63) is 58.4 Å². The fraction of sp³-hybridized carbons (Fsp3) is 0.455. The molecule has 0 bridgehead atoms. The third kappa shape index (κ3) is 5.07. The molecule has 3 rings (SSSR count). The number of hydrogen-bond donors (Lipinski definition) is 2. The number of amides is 1. The second kappa shape index (κ2) is 8.53. The molecule has 5 nitrogen and oxygen atoms in total. The summed E-state index contributed by atoms with van der Waals surface area (Å²) in [6.45, 7) is 6.81. The van der Waals surface area contributed by atoms with Crippen molar-refractivity contribution in [2.45, 2.75) is 65.1 Å². The van der Waals surface area contributed by atoms with Gasteiger partial charge < -0.3 is 10.4 Å². The Morgan fingerprint density at radius 2 is 1.85 bits per heavy atom.